The van der Waals surface area contributed by atoms with Crippen molar-refractivity contribution in [3.8, 4) is 5.75 Å². The summed E-state index contributed by atoms with van der Waals surface area (Å²) in [5, 5.41) is 30.6. The number of nitrogens with zero attached hydrogens (tertiary/aromatic N) is 1. The Hall–Kier alpha value is -2.99. The van der Waals surface area contributed by atoms with E-state index in [0.717, 1.165) is 0 Å². The molecular weight excluding hydrogens is 394 g/mol. The molecule has 0 radical (unpaired) electrons. The normalized spacial score (nSPS) is 13.6. The molecule has 0 aliphatic heterocycles. The second-order valence-electron chi connectivity index (χ2n) is 7.52. The second-order valence-corrected chi connectivity index (χ2v) is 7.93. The van der Waals surface area contributed by atoms with Crippen molar-refractivity contribution in [1.82, 2.24) is 4.57 Å². The van der Waals surface area contributed by atoms with Gasteiger partial charge in [0.1, 0.15) is 11.2 Å². The molecule has 0 aliphatic rings. The Morgan fingerprint density at radius 1 is 1.10 bits per heavy atom. The predicted octanol–water partition coefficient (Wildman–Crippen LogP) is 4.98. The van der Waals surface area contributed by atoms with E-state index in [0.29, 0.717) is 22.2 Å². The number of aromatic carboxylic acids is 1. The van der Waals surface area contributed by atoms with E-state index in [9.17, 15) is 24.9 Å². The fourth-order valence-electron chi connectivity index (χ4n) is 4.10. The van der Waals surface area contributed by atoms with Crippen molar-refractivity contribution < 1.29 is 24.9 Å². The molecular formula is C22H22ClNO5. The number of carboxylic acids is 2. The molecule has 3 N–H and O–H groups in total. The molecule has 0 fully saturated rings. The lowest BCUT2D eigenvalue weighted by Crippen LogP contribution is -2.34. The van der Waals surface area contributed by atoms with E-state index < -0.39 is 17.4 Å². The zero-order chi connectivity index (χ0) is 21.7. The Morgan fingerprint density at radius 2 is 1.76 bits per heavy atom. The first-order valence-electron chi connectivity index (χ1n) is 9.11. The molecule has 2 aromatic carbocycles. The molecule has 1 aromatic heterocycles. The van der Waals surface area contributed by atoms with Crippen LogP contribution >= 0.6 is 11.6 Å². The summed E-state index contributed by atoms with van der Waals surface area (Å²) in [4.78, 5) is 24.7. The van der Waals surface area contributed by atoms with E-state index in [4.69, 9.17) is 11.6 Å². The number of hydrogen-bond acceptors (Lipinski definition) is 3. The number of phenols is 1. The first kappa shape index (κ1) is 20.7. The number of hydrogen-bond donors (Lipinski definition) is 3. The standard InChI is InChI=1S/C22H22ClNO5/c1-11(2)24-12(3)18(20(26)27)19-14(6-5-7-17(19)24)22(4,21(28)29)15-10-13(25)8-9-16(15)23/h5-11,25H,1-4H3,(H,26,27)(H,28,29). The average molecular weight is 416 g/mol. The number of aromatic nitrogens is 1. The highest BCUT2D eigenvalue weighted by Gasteiger charge is 2.42. The van der Waals surface area contributed by atoms with Gasteiger partial charge in [-0.1, -0.05) is 23.7 Å². The topological polar surface area (TPSA) is 99.8 Å². The third-order valence-corrected chi connectivity index (χ3v) is 5.79. The lowest BCUT2D eigenvalue weighted by Gasteiger charge is -2.28. The highest BCUT2D eigenvalue weighted by molar-refractivity contribution is 6.32. The van der Waals surface area contributed by atoms with Gasteiger partial charge in [0.25, 0.3) is 0 Å². The van der Waals surface area contributed by atoms with Gasteiger partial charge in [0.05, 0.1) is 5.56 Å². The van der Waals surface area contributed by atoms with Gasteiger partial charge in [0.2, 0.25) is 0 Å². The van der Waals surface area contributed by atoms with Gasteiger partial charge in [-0.3, -0.25) is 4.79 Å². The third kappa shape index (κ3) is 3.04. The molecule has 152 valence electrons. The maximum atomic E-state index is 12.5. The van der Waals surface area contributed by atoms with Gasteiger partial charge in [-0.25, -0.2) is 4.79 Å². The van der Waals surface area contributed by atoms with Gasteiger partial charge >= 0.3 is 11.9 Å². The minimum Gasteiger partial charge on any atom is -0.508 e. The predicted molar refractivity (Wildman–Crippen MR) is 111 cm³/mol. The van der Waals surface area contributed by atoms with Crippen LogP contribution in [0, 0.1) is 6.92 Å². The number of aliphatic carboxylic acids is 1. The molecule has 1 heterocycles. The molecule has 0 saturated carbocycles. The first-order chi connectivity index (χ1) is 13.5. The fourth-order valence-corrected chi connectivity index (χ4v) is 4.41. The minimum absolute atomic E-state index is 0.0266. The summed E-state index contributed by atoms with van der Waals surface area (Å²) in [6.45, 7) is 7.06. The average Bonchev–Trinajstić information content (AvgIpc) is 2.94. The fraction of sp³-hybridized carbons (Fsp3) is 0.273. The number of halogens is 1. The number of carboxylic acid groups (broad SMARTS) is 2. The van der Waals surface area contributed by atoms with Gasteiger partial charge in [-0.15, -0.1) is 0 Å². The second kappa shape index (κ2) is 7.12. The molecule has 7 heteroatoms. The Labute approximate surface area is 173 Å². The van der Waals surface area contributed by atoms with Crippen LogP contribution in [0.3, 0.4) is 0 Å². The van der Waals surface area contributed by atoms with E-state index >= 15 is 0 Å². The van der Waals surface area contributed by atoms with Crippen molar-refractivity contribution in [3.63, 3.8) is 0 Å². The maximum Gasteiger partial charge on any atom is 0.338 e. The van der Waals surface area contributed by atoms with Crippen LogP contribution in [-0.2, 0) is 10.2 Å². The highest BCUT2D eigenvalue weighted by atomic mass is 35.5. The number of carbonyl (C=O) groups is 2. The first-order valence-corrected chi connectivity index (χ1v) is 9.49. The third-order valence-electron chi connectivity index (χ3n) is 5.46. The van der Waals surface area contributed by atoms with Crippen LogP contribution in [0.2, 0.25) is 5.02 Å². The molecule has 29 heavy (non-hydrogen) atoms. The van der Waals surface area contributed by atoms with E-state index in [2.05, 4.69) is 0 Å². The van der Waals surface area contributed by atoms with Crippen molar-refractivity contribution in [1.29, 1.82) is 0 Å². The zero-order valence-corrected chi connectivity index (χ0v) is 17.3. The van der Waals surface area contributed by atoms with Crippen LogP contribution in [0.4, 0.5) is 0 Å². The van der Waals surface area contributed by atoms with Crippen molar-refractivity contribution in [2.45, 2.75) is 39.2 Å². The van der Waals surface area contributed by atoms with Crippen LogP contribution < -0.4 is 0 Å². The maximum absolute atomic E-state index is 12.5. The van der Waals surface area contributed by atoms with E-state index in [1.807, 2.05) is 18.4 Å². The molecule has 0 bridgehead atoms. The van der Waals surface area contributed by atoms with Crippen LogP contribution in [0.25, 0.3) is 10.9 Å². The summed E-state index contributed by atoms with van der Waals surface area (Å²) in [5.74, 6) is -2.46. The van der Waals surface area contributed by atoms with Gasteiger partial charge in [-0.05, 0) is 63.1 Å². The van der Waals surface area contributed by atoms with E-state index in [1.54, 1.807) is 25.1 Å². The number of phenolic OH excluding ortho intramolecular Hbond substituents is 1. The van der Waals surface area contributed by atoms with Crippen LogP contribution in [0.1, 0.15) is 54.0 Å². The smallest absolute Gasteiger partial charge is 0.338 e. The zero-order valence-electron chi connectivity index (χ0n) is 16.5. The van der Waals surface area contributed by atoms with Crippen molar-refractivity contribution in [2.24, 2.45) is 0 Å². The molecule has 0 amide bonds. The van der Waals surface area contributed by atoms with Crippen molar-refractivity contribution >= 4 is 34.4 Å². The van der Waals surface area contributed by atoms with Gasteiger partial charge in [-0.2, -0.15) is 0 Å². The minimum atomic E-state index is -1.69. The van der Waals surface area contributed by atoms with Gasteiger partial charge < -0.3 is 19.9 Å². The van der Waals surface area contributed by atoms with Crippen LogP contribution in [0.15, 0.2) is 36.4 Å². The Balaban J connectivity index is 2.53. The summed E-state index contributed by atoms with van der Waals surface area (Å²) in [7, 11) is 0. The van der Waals surface area contributed by atoms with Crippen LogP contribution in [-0.4, -0.2) is 31.8 Å². The summed E-state index contributed by atoms with van der Waals surface area (Å²) in [6, 6.07) is 9.17. The molecule has 3 rings (SSSR count). The number of fused-ring (bicyclic) bond motifs is 1. The van der Waals surface area contributed by atoms with Crippen molar-refractivity contribution in [2.75, 3.05) is 0 Å². The van der Waals surface area contributed by atoms with Crippen LogP contribution in [0.5, 0.6) is 5.75 Å². The number of benzene rings is 2. The van der Waals surface area contributed by atoms with E-state index in [1.165, 1.54) is 25.1 Å². The quantitative estimate of drug-likeness (QED) is 0.545. The Morgan fingerprint density at radius 3 is 2.31 bits per heavy atom. The highest BCUT2D eigenvalue weighted by Crippen LogP contribution is 2.43. The summed E-state index contributed by atoms with van der Waals surface area (Å²) in [6.07, 6.45) is 0. The lowest BCUT2D eigenvalue weighted by molar-refractivity contribution is -0.141. The molecule has 3 aromatic rings. The Bertz CT molecular complexity index is 1150. The molecule has 0 aliphatic carbocycles. The van der Waals surface area contributed by atoms with E-state index in [-0.39, 0.29) is 27.9 Å². The van der Waals surface area contributed by atoms with Gasteiger partial charge in [0, 0.05) is 27.7 Å². The Kier molecular flexibility index (Phi) is 5.09. The number of aromatic hydroxyl groups is 1. The molecule has 0 spiro atoms. The number of rotatable bonds is 5. The monoisotopic (exact) mass is 415 g/mol. The van der Waals surface area contributed by atoms with Crippen molar-refractivity contribution in [3.05, 3.63) is 63.8 Å². The molecule has 1 unspecified atom stereocenters. The SMILES string of the molecule is Cc1c(C(=O)O)c2c(C(C)(C(=O)O)c3cc(O)ccc3Cl)cccc2n1C(C)C. The molecule has 6 nitrogen and oxygen atoms in total. The molecule has 0 saturated heterocycles. The summed E-state index contributed by atoms with van der Waals surface area (Å²) >= 11 is 6.32. The largest absolute Gasteiger partial charge is 0.508 e. The summed E-state index contributed by atoms with van der Waals surface area (Å²) in [5.41, 5.74) is 0.0454. The molecule has 1 atom stereocenters. The lowest BCUT2D eigenvalue weighted by atomic mass is 9.74. The van der Waals surface area contributed by atoms with Gasteiger partial charge in [0.15, 0.2) is 0 Å². The summed E-state index contributed by atoms with van der Waals surface area (Å²) < 4.78 is 1.88.